The van der Waals surface area contributed by atoms with Crippen LogP contribution in [0.2, 0.25) is 10.0 Å². The number of nitrogens with zero attached hydrogens (tertiary/aromatic N) is 1. The number of benzene rings is 3. The molecule has 0 fully saturated rings. The number of rotatable bonds is 8. The Labute approximate surface area is 206 Å². The average molecular weight is 495 g/mol. The zero-order valence-corrected chi connectivity index (χ0v) is 19.6. The lowest BCUT2D eigenvalue weighted by atomic mass is 10.0. The molecule has 2 N–H and O–H groups in total. The van der Waals surface area contributed by atoms with Crippen molar-refractivity contribution < 1.29 is 19.4 Å². The molecule has 0 aliphatic rings. The van der Waals surface area contributed by atoms with Crippen molar-refractivity contribution in [3.63, 3.8) is 0 Å². The van der Waals surface area contributed by atoms with Gasteiger partial charge in [0.1, 0.15) is 17.3 Å². The van der Waals surface area contributed by atoms with Crippen LogP contribution in [-0.4, -0.2) is 34.8 Å². The molecule has 3 aromatic carbocycles. The van der Waals surface area contributed by atoms with Gasteiger partial charge in [-0.05, 0) is 65.7 Å². The highest BCUT2D eigenvalue weighted by molar-refractivity contribution is 6.36. The van der Waals surface area contributed by atoms with Gasteiger partial charge in [-0.25, -0.2) is 9.78 Å². The Morgan fingerprint density at radius 2 is 1.79 bits per heavy atom. The number of halogens is 2. The van der Waals surface area contributed by atoms with Gasteiger partial charge in [-0.1, -0.05) is 41.4 Å². The van der Waals surface area contributed by atoms with E-state index in [-0.39, 0.29) is 6.61 Å². The standard InChI is InChI=1S/C26H20Cl2N2O4/c1-33-24-10-4-17(16-2-7-20(8-3-16)34-15-26(31)32)12-18(24)5-11-25-29-14-23(30-25)21-9-6-19(27)13-22(21)28/h2-14H,15H2,1H3,(H,29,30)(H,31,32)/b11-5+. The van der Waals surface area contributed by atoms with Gasteiger partial charge < -0.3 is 19.6 Å². The molecule has 0 spiro atoms. The van der Waals surface area contributed by atoms with Crippen LogP contribution in [0.25, 0.3) is 34.5 Å². The molecule has 0 unspecified atom stereocenters. The predicted molar refractivity (Wildman–Crippen MR) is 135 cm³/mol. The van der Waals surface area contributed by atoms with Crippen LogP contribution in [-0.2, 0) is 4.79 Å². The molecular formula is C26H20Cl2N2O4. The van der Waals surface area contributed by atoms with E-state index in [9.17, 15) is 4.79 Å². The fourth-order valence-electron chi connectivity index (χ4n) is 3.36. The second kappa shape index (κ2) is 10.5. The number of hydrogen-bond acceptors (Lipinski definition) is 4. The fourth-order valence-corrected chi connectivity index (χ4v) is 3.86. The summed E-state index contributed by atoms with van der Waals surface area (Å²) in [7, 11) is 1.62. The Morgan fingerprint density at radius 3 is 2.50 bits per heavy atom. The topological polar surface area (TPSA) is 84.4 Å². The lowest BCUT2D eigenvalue weighted by Crippen LogP contribution is -2.09. The summed E-state index contributed by atoms with van der Waals surface area (Å²) in [5, 5.41) is 9.84. The van der Waals surface area contributed by atoms with Gasteiger partial charge >= 0.3 is 5.97 Å². The second-order valence-electron chi connectivity index (χ2n) is 7.29. The van der Waals surface area contributed by atoms with Crippen LogP contribution in [0.1, 0.15) is 11.4 Å². The van der Waals surface area contributed by atoms with E-state index in [0.717, 1.165) is 22.3 Å². The summed E-state index contributed by atoms with van der Waals surface area (Å²) < 4.78 is 10.7. The number of aromatic amines is 1. The van der Waals surface area contributed by atoms with Crippen LogP contribution in [0.4, 0.5) is 0 Å². The number of carboxylic acid groups (broad SMARTS) is 1. The molecule has 1 aromatic heterocycles. The van der Waals surface area contributed by atoms with E-state index in [0.29, 0.717) is 33.1 Å². The molecule has 0 aliphatic heterocycles. The first-order valence-corrected chi connectivity index (χ1v) is 11.0. The van der Waals surface area contributed by atoms with Crippen LogP contribution in [0.3, 0.4) is 0 Å². The quantitative estimate of drug-likeness (QED) is 0.285. The summed E-state index contributed by atoms with van der Waals surface area (Å²) in [5.74, 6) is 0.854. The summed E-state index contributed by atoms with van der Waals surface area (Å²) in [6.07, 6.45) is 5.56. The van der Waals surface area contributed by atoms with Gasteiger partial charge in [-0.3, -0.25) is 0 Å². The largest absolute Gasteiger partial charge is 0.496 e. The number of carboxylic acids is 1. The Bertz CT molecular complexity index is 1350. The molecule has 8 heteroatoms. The van der Waals surface area contributed by atoms with Crippen LogP contribution < -0.4 is 9.47 Å². The van der Waals surface area contributed by atoms with Gasteiger partial charge in [-0.2, -0.15) is 0 Å². The molecule has 34 heavy (non-hydrogen) atoms. The van der Waals surface area contributed by atoms with Gasteiger partial charge in [0.25, 0.3) is 0 Å². The number of nitrogens with one attached hydrogen (secondary N) is 1. The van der Waals surface area contributed by atoms with Crippen LogP contribution in [0.15, 0.2) is 66.9 Å². The molecule has 0 atom stereocenters. The van der Waals surface area contributed by atoms with Crippen molar-refractivity contribution in [3.8, 4) is 33.9 Å². The Kier molecular flexibility index (Phi) is 7.21. The van der Waals surface area contributed by atoms with Crippen molar-refractivity contribution in [1.29, 1.82) is 0 Å². The summed E-state index contributed by atoms with van der Waals surface area (Å²) in [5.41, 5.74) is 4.30. The maximum atomic E-state index is 10.7. The Morgan fingerprint density at radius 1 is 1.03 bits per heavy atom. The van der Waals surface area contributed by atoms with E-state index in [2.05, 4.69) is 9.97 Å². The maximum Gasteiger partial charge on any atom is 0.341 e. The number of H-pyrrole nitrogens is 1. The SMILES string of the molecule is COc1ccc(-c2ccc(OCC(=O)O)cc2)cc1/C=C/c1nc(-c2ccc(Cl)cc2Cl)c[nH]1. The Hall–Kier alpha value is -3.74. The molecular weight excluding hydrogens is 475 g/mol. The highest BCUT2D eigenvalue weighted by Crippen LogP contribution is 2.31. The summed E-state index contributed by atoms with van der Waals surface area (Å²) in [4.78, 5) is 18.4. The third kappa shape index (κ3) is 5.60. The summed E-state index contributed by atoms with van der Waals surface area (Å²) in [6.45, 7) is -0.379. The number of imidazole rings is 1. The van der Waals surface area contributed by atoms with Gasteiger partial charge in [0.05, 0.1) is 17.8 Å². The molecule has 1 heterocycles. The number of aliphatic carboxylic acids is 1. The first-order chi connectivity index (χ1) is 16.4. The van der Waals surface area contributed by atoms with Crippen molar-refractivity contribution >= 4 is 41.3 Å². The highest BCUT2D eigenvalue weighted by atomic mass is 35.5. The van der Waals surface area contributed by atoms with Crippen LogP contribution in [0, 0.1) is 0 Å². The molecule has 0 amide bonds. The lowest BCUT2D eigenvalue weighted by molar-refractivity contribution is -0.139. The minimum atomic E-state index is -1.02. The van der Waals surface area contributed by atoms with E-state index >= 15 is 0 Å². The van der Waals surface area contributed by atoms with Gasteiger partial charge in [0.15, 0.2) is 6.61 Å². The summed E-state index contributed by atoms with van der Waals surface area (Å²) >= 11 is 12.3. The number of aromatic nitrogens is 2. The number of methoxy groups -OCH3 is 1. The number of carbonyl (C=O) groups is 1. The number of hydrogen-bond donors (Lipinski definition) is 2. The first-order valence-electron chi connectivity index (χ1n) is 10.2. The van der Waals surface area contributed by atoms with Gasteiger partial charge in [0, 0.05) is 22.3 Å². The molecule has 6 nitrogen and oxygen atoms in total. The Balaban J connectivity index is 1.56. The average Bonchev–Trinajstić information content (AvgIpc) is 3.30. The van der Waals surface area contributed by atoms with Crippen molar-refractivity contribution in [2.75, 3.05) is 13.7 Å². The molecule has 0 saturated heterocycles. The van der Waals surface area contributed by atoms with Crippen molar-refractivity contribution in [1.82, 2.24) is 9.97 Å². The molecule has 4 aromatic rings. The third-order valence-corrected chi connectivity index (χ3v) is 5.55. The monoisotopic (exact) mass is 494 g/mol. The van der Waals surface area contributed by atoms with E-state index in [1.54, 1.807) is 37.6 Å². The molecule has 4 rings (SSSR count). The molecule has 0 aliphatic carbocycles. The van der Waals surface area contributed by atoms with Crippen LogP contribution >= 0.6 is 23.2 Å². The van der Waals surface area contributed by atoms with Crippen molar-refractivity contribution in [2.45, 2.75) is 0 Å². The fraction of sp³-hybridized carbons (Fsp3) is 0.0769. The zero-order chi connectivity index (χ0) is 24.1. The van der Waals surface area contributed by atoms with Crippen molar-refractivity contribution in [2.24, 2.45) is 0 Å². The zero-order valence-electron chi connectivity index (χ0n) is 18.1. The lowest BCUT2D eigenvalue weighted by Gasteiger charge is -2.09. The second-order valence-corrected chi connectivity index (χ2v) is 8.14. The highest BCUT2D eigenvalue weighted by Gasteiger charge is 2.09. The first kappa shape index (κ1) is 23.4. The van der Waals surface area contributed by atoms with E-state index < -0.39 is 5.97 Å². The van der Waals surface area contributed by atoms with E-state index in [1.807, 2.05) is 48.6 Å². The van der Waals surface area contributed by atoms with Gasteiger partial charge in [-0.15, -0.1) is 0 Å². The van der Waals surface area contributed by atoms with Crippen LogP contribution in [0.5, 0.6) is 11.5 Å². The minimum Gasteiger partial charge on any atom is -0.496 e. The predicted octanol–water partition coefficient (Wildman–Crippen LogP) is 6.69. The minimum absolute atomic E-state index is 0.379. The number of ether oxygens (including phenoxy) is 2. The molecule has 172 valence electrons. The van der Waals surface area contributed by atoms with Gasteiger partial charge in [0.2, 0.25) is 0 Å². The normalized spacial score (nSPS) is 11.0. The molecule has 0 radical (unpaired) electrons. The smallest absolute Gasteiger partial charge is 0.341 e. The third-order valence-electron chi connectivity index (χ3n) is 5.01. The van der Waals surface area contributed by atoms with E-state index in [1.165, 1.54) is 0 Å². The van der Waals surface area contributed by atoms with Crippen molar-refractivity contribution in [3.05, 3.63) is 88.3 Å². The molecule has 0 bridgehead atoms. The maximum absolute atomic E-state index is 10.7. The molecule has 0 saturated carbocycles. The summed E-state index contributed by atoms with van der Waals surface area (Å²) in [6, 6.07) is 18.4. The van der Waals surface area contributed by atoms with E-state index in [4.69, 9.17) is 37.8 Å².